The molecule has 4 nitrogen and oxygen atoms in total. The van der Waals surface area contributed by atoms with Crippen molar-refractivity contribution in [3.05, 3.63) is 40.5 Å². The van der Waals surface area contributed by atoms with Crippen molar-refractivity contribution in [1.82, 2.24) is 9.97 Å². The molecule has 100 valence electrons. The molecule has 0 aliphatic rings. The fourth-order valence-electron chi connectivity index (χ4n) is 1.70. The molecule has 0 spiro atoms. The SMILES string of the molecule is COCc1nc(=S)cc(-c2ccc(OC)c(F)c2)[nH]1. The molecule has 2 aromatic rings. The molecule has 0 radical (unpaired) electrons. The van der Waals surface area contributed by atoms with Crippen LogP contribution < -0.4 is 4.74 Å². The topological polar surface area (TPSA) is 47.1 Å². The first kappa shape index (κ1) is 13.6. The van der Waals surface area contributed by atoms with E-state index in [1.807, 2.05) is 0 Å². The van der Waals surface area contributed by atoms with Crippen molar-refractivity contribution in [2.45, 2.75) is 6.61 Å². The monoisotopic (exact) mass is 280 g/mol. The van der Waals surface area contributed by atoms with E-state index in [0.29, 0.717) is 28.3 Å². The van der Waals surface area contributed by atoms with Crippen LogP contribution in [0, 0.1) is 10.5 Å². The van der Waals surface area contributed by atoms with Gasteiger partial charge >= 0.3 is 0 Å². The Kier molecular flexibility index (Phi) is 4.24. The smallest absolute Gasteiger partial charge is 0.165 e. The van der Waals surface area contributed by atoms with Gasteiger partial charge in [0, 0.05) is 18.4 Å². The number of rotatable bonds is 4. The lowest BCUT2D eigenvalue weighted by atomic mass is 10.1. The van der Waals surface area contributed by atoms with Gasteiger partial charge in [-0.25, -0.2) is 9.37 Å². The van der Waals surface area contributed by atoms with Gasteiger partial charge in [-0.05, 0) is 24.3 Å². The largest absolute Gasteiger partial charge is 0.494 e. The van der Waals surface area contributed by atoms with Crippen LogP contribution in [0.15, 0.2) is 24.3 Å². The van der Waals surface area contributed by atoms with Gasteiger partial charge in [0.15, 0.2) is 11.6 Å². The minimum Gasteiger partial charge on any atom is -0.494 e. The number of hydrogen-bond donors (Lipinski definition) is 1. The van der Waals surface area contributed by atoms with Gasteiger partial charge in [0.05, 0.1) is 7.11 Å². The van der Waals surface area contributed by atoms with Crippen molar-refractivity contribution in [3.8, 4) is 17.0 Å². The minimum absolute atomic E-state index is 0.202. The first-order chi connectivity index (χ1) is 9.13. The maximum absolute atomic E-state index is 13.7. The number of aromatic amines is 1. The molecule has 0 saturated carbocycles. The van der Waals surface area contributed by atoms with Gasteiger partial charge in [0.1, 0.15) is 17.1 Å². The van der Waals surface area contributed by atoms with Crippen molar-refractivity contribution in [2.24, 2.45) is 0 Å². The van der Waals surface area contributed by atoms with Gasteiger partial charge in [0.2, 0.25) is 0 Å². The molecule has 0 saturated heterocycles. The molecule has 1 aromatic carbocycles. The zero-order valence-electron chi connectivity index (χ0n) is 10.6. The van der Waals surface area contributed by atoms with Crippen LogP contribution in [0.1, 0.15) is 5.82 Å². The highest BCUT2D eigenvalue weighted by atomic mass is 32.1. The molecular weight excluding hydrogens is 267 g/mol. The van der Waals surface area contributed by atoms with Gasteiger partial charge in [-0.3, -0.25) is 0 Å². The van der Waals surface area contributed by atoms with E-state index in [1.54, 1.807) is 25.3 Å². The second kappa shape index (κ2) is 5.90. The molecule has 0 aliphatic heterocycles. The minimum atomic E-state index is -0.426. The summed E-state index contributed by atoms with van der Waals surface area (Å²) in [4.78, 5) is 7.18. The third-order valence-corrected chi connectivity index (χ3v) is 2.74. The lowest BCUT2D eigenvalue weighted by Crippen LogP contribution is -1.99. The van der Waals surface area contributed by atoms with E-state index < -0.39 is 5.82 Å². The van der Waals surface area contributed by atoms with Crippen LogP contribution in [0.2, 0.25) is 0 Å². The number of aromatic nitrogens is 2. The van der Waals surface area contributed by atoms with Crippen LogP contribution in [0.5, 0.6) is 5.75 Å². The van der Waals surface area contributed by atoms with Crippen LogP contribution in [0.25, 0.3) is 11.3 Å². The van der Waals surface area contributed by atoms with Crippen LogP contribution in [0.3, 0.4) is 0 Å². The normalized spacial score (nSPS) is 10.5. The number of H-pyrrole nitrogens is 1. The third kappa shape index (κ3) is 3.15. The van der Waals surface area contributed by atoms with Crippen LogP contribution >= 0.6 is 12.2 Å². The molecule has 1 N–H and O–H groups in total. The van der Waals surface area contributed by atoms with Gasteiger partial charge in [-0.1, -0.05) is 12.2 Å². The van der Waals surface area contributed by atoms with E-state index in [4.69, 9.17) is 21.7 Å². The molecule has 19 heavy (non-hydrogen) atoms. The van der Waals surface area contributed by atoms with Gasteiger partial charge in [-0.15, -0.1) is 0 Å². The van der Waals surface area contributed by atoms with E-state index in [0.717, 1.165) is 0 Å². The summed E-state index contributed by atoms with van der Waals surface area (Å²) in [7, 11) is 2.99. The van der Waals surface area contributed by atoms with Crippen LogP contribution in [-0.2, 0) is 11.3 Å². The number of nitrogens with zero attached hydrogens (tertiary/aromatic N) is 1. The molecule has 0 unspecified atom stereocenters. The summed E-state index contributed by atoms with van der Waals surface area (Å²) in [5, 5.41) is 0. The highest BCUT2D eigenvalue weighted by Gasteiger charge is 2.07. The predicted molar refractivity (Wildman–Crippen MR) is 72.1 cm³/mol. The molecule has 0 atom stereocenters. The lowest BCUT2D eigenvalue weighted by Gasteiger charge is -2.07. The number of nitrogens with one attached hydrogen (secondary N) is 1. The maximum atomic E-state index is 13.7. The average molecular weight is 280 g/mol. The summed E-state index contributed by atoms with van der Waals surface area (Å²) in [5.74, 6) is 0.374. The standard InChI is InChI=1S/C13H13FN2O2S/c1-17-7-12-15-10(6-13(19)16-12)8-3-4-11(18-2)9(14)5-8/h3-6H,7H2,1-2H3,(H,15,16,19). The second-order valence-electron chi connectivity index (χ2n) is 3.86. The summed E-state index contributed by atoms with van der Waals surface area (Å²) < 4.78 is 24.0. The van der Waals surface area contributed by atoms with Gasteiger partial charge in [-0.2, -0.15) is 0 Å². The first-order valence-electron chi connectivity index (χ1n) is 5.57. The first-order valence-corrected chi connectivity index (χ1v) is 5.98. The Balaban J connectivity index is 2.46. The zero-order valence-corrected chi connectivity index (χ0v) is 11.4. The molecule has 1 heterocycles. The molecule has 0 bridgehead atoms. The molecule has 6 heteroatoms. The summed E-state index contributed by atoms with van der Waals surface area (Å²) >= 11 is 5.08. The number of hydrogen-bond acceptors (Lipinski definition) is 4. The molecule has 0 fully saturated rings. The molecule has 0 aliphatic carbocycles. The lowest BCUT2D eigenvalue weighted by molar-refractivity contribution is 0.177. The summed E-state index contributed by atoms with van der Waals surface area (Å²) in [5.41, 5.74) is 1.36. The zero-order chi connectivity index (χ0) is 13.8. The summed E-state index contributed by atoms with van der Waals surface area (Å²) in [6.45, 7) is 0.316. The Labute approximate surface area is 115 Å². The molecule has 0 amide bonds. The van der Waals surface area contributed by atoms with Crippen LogP contribution in [-0.4, -0.2) is 24.2 Å². The third-order valence-electron chi connectivity index (χ3n) is 2.54. The maximum Gasteiger partial charge on any atom is 0.165 e. The Hall–Kier alpha value is -1.79. The Morgan fingerprint density at radius 1 is 1.32 bits per heavy atom. The van der Waals surface area contributed by atoms with E-state index in [2.05, 4.69) is 9.97 Å². The Morgan fingerprint density at radius 2 is 2.11 bits per heavy atom. The van der Waals surface area contributed by atoms with Crippen molar-refractivity contribution < 1.29 is 13.9 Å². The van der Waals surface area contributed by atoms with Gasteiger partial charge < -0.3 is 14.5 Å². The quantitative estimate of drug-likeness (QED) is 0.874. The number of methoxy groups -OCH3 is 2. The molecule has 1 aromatic heterocycles. The average Bonchev–Trinajstić information content (AvgIpc) is 2.38. The fourth-order valence-corrected chi connectivity index (χ4v) is 1.93. The van der Waals surface area contributed by atoms with Crippen molar-refractivity contribution in [1.29, 1.82) is 0 Å². The van der Waals surface area contributed by atoms with Crippen molar-refractivity contribution >= 4 is 12.2 Å². The van der Waals surface area contributed by atoms with Gasteiger partial charge in [0.25, 0.3) is 0 Å². The van der Waals surface area contributed by atoms with E-state index in [9.17, 15) is 4.39 Å². The number of ether oxygens (including phenoxy) is 2. The Bertz CT molecular complexity index is 643. The van der Waals surface area contributed by atoms with E-state index >= 15 is 0 Å². The molecule has 2 rings (SSSR count). The highest BCUT2D eigenvalue weighted by Crippen LogP contribution is 2.24. The van der Waals surface area contributed by atoms with Crippen molar-refractivity contribution in [3.63, 3.8) is 0 Å². The summed E-state index contributed by atoms with van der Waals surface area (Å²) in [6, 6.07) is 6.38. The second-order valence-corrected chi connectivity index (χ2v) is 4.28. The number of benzene rings is 1. The number of halogens is 1. The molecular formula is C13H13FN2O2S. The summed E-state index contributed by atoms with van der Waals surface area (Å²) in [6.07, 6.45) is 0. The Morgan fingerprint density at radius 3 is 2.74 bits per heavy atom. The van der Waals surface area contributed by atoms with E-state index in [1.165, 1.54) is 13.2 Å². The predicted octanol–water partition coefficient (Wildman–Crippen LogP) is 3.10. The fraction of sp³-hybridized carbons (Fsp3) is 0.231. The van der Waals surface area contributed by atoms with Crippen LogP contribution in [0.4, 0.5) is 4.39 Å². The highest BCUT2D eigenvalue weighted by molar-refractivity contribution is 7.71. The van der Waals surface area contributed by atoms with Crippen molar-refractivity contribution in [2.75, 3.05) is 14.2 Å². The van der Waals surface area contributed by atoms with E-state index in [-0.39, 0.29) is 5.75 Å².